The van der Waals surface area contributed by atoms with Gasteiger partial charge in [-0.25, -0.2) is 27.1 Å². The molecule has 0 saturated heterocycles. The van der Waals surface area contributed by atoms with E-state index in [9.17, 15) is 8.42 Å². The molecule has 0 amide bonds. The number of benzene rings is 2. The molecule has 1 heterocycles. The van der Waals surface area contributed by atoms with Gasteiger partial charge in [0.05, 0.1) is 4.90 Å². The van der Waals surface area contributed by atoms with Crippen LogP contribution in [0, 0.1) is 17.2 Å². The molecule has 0 spiro atoms. The van der Waals surface area contributed by atoms with Gasteiger partial charge in [-0.15, -0.1) is 10.2 Å². The summed E-state index contributed by atoms with van der Waals surface area (Å²) >= 11 is 6.10. The van der Waals surface area contributed by atoms with Crippen LogP contribution in [0.15, 0.2) is 71.8 Å². The van der Waals surface area contributed by atoms with Gasteiger partial charge in [0, 0.05) is 23.3 Å². The summed E-state index contributed by atoms with van der Waals surface area (Å²) in [5.74, 6) is 0.145. The van der Waals surface area contributed by atoms with Crippen molar-refractivity contribution in [2.45, 2.75) is 11.8 Å². The molecule has 0 fully saturated rings. The minimum atomic E-state index is -4.94. The maximum atomic E-state index is 12.5. The van der Waals surface area contributed by atoms with Crippen LogP contribution in [0.1, 0.15) is 5.56 Å². The Kier molecular flexibility index (Phi) is 7.49. The van der Waals surface area contributed by atoms with Gasteiger partial charge in [0.25, 0.3) is 10.0 Å². The van der Waals surface area contributed by atoms with Crippen LogP contribution in [0.5, 0.6) is 0 Å². The quantitative estimate of drug-likeness (QED) is 0.458. The van der Waals surface area contributed by atoms with E-state index in [0.29, 0.717) is 5.02 Å². The molecule has 0 bridgehead atoms. The summed E-state index contributed by atoms with van der Waals surface area (Å²) in [6.07, 6.45) is 1.61. The number of aromatic nitrogens is 2. The number of hydrogen-bond acceptors (Lipinski definition) is 7. The van der Waals surface area contributed by atoms with Crippen LogP contribution < -0.4 is 28.0 Å². The minimum Gasteiger partial charge on any atom is -0.258 e. The highest BCUT2D eigenvalue weighted by molar-refractivity contribution is 7.92. The smallest absolute Gasteiger partial charge is 0.258 e. The van der Waals surface area contributed by atoms with Gasteiger partial charge in [0.1, 0.15) is 5.02 Å². The normalized spacial score (nSPS) is 11.4. The van der Waals surface area contributed by atoms with E-state index in [0.717, 1.165) is 11.3 Å². The van der Waals surface area contributed by atoms with E-state index in [4.69, 9.17) is 30.2 Å². The lowest BCUT2D eigenvalue weighted by Gasteiger charge is -2.17. The molecule has 0 unspecified atom stereocenters. The number of anilines is 1. The number of para-hydroxylation sites is 1. The van der Waals surface area contributed by atoms with E-state index >= 15 is 0 Å². The predicted octanol–water partition coefficient (Wildman–Crippen LogP) is -1.64. The Bertz CT molecular complexity index is 1050. The summed E-state index contributed by atoms with van der Waals surface area (Å²) in [5, 5.41) is 4.64. The van der Waals surface area contributed by atoms with Crippen molar-refractivity contribution in [1.82, 2.24) is 5.10 Å². The van der Waals surface area contributed by atoms with Crippen LogP contribution in [-0.2, 0) is 10.0 Å². The molecular formula is C17H15Cl2N3O6S. The SMILES string of the molecule is Cc1ccc(S(=O)(=O)Nc2cc(Cl)c[n+](-c3ccccc3)n2)cc1.[O-][Cl+3]([O-])([O-])[O-]. The van der Waals surface area contributed by atoms with Gasteiger partial charge < -0.3 is 0 Å². The molecule has 0 aliphatic rings. The summed E-state index contributed by atoms with van der Waals surface area (Å²) in [7, 11) is -8.67. The minimum absolute atomic E-state index is 0.145. The van der Waals surface area contributed by atoms with Gasteiger partial charge in [-0.05, 0) is 23.7 Å². The molecule has 0 aliphatic carbocycles. The lowest BCUT2D eigenvalue weighted by molar-refractivity contribution is -2.00. The number of hydrogen-bond donors (Lipinski definition) is 1. The molecule has 0 saturated carbocycles. The average molecular weight is 460 g/mol. The van der Waals surface area contributed by atoms with E-state index < -0.39 is 20.3 Å². The second-order valence-corrected chi connectivity index (χ2v) is 8.49. The Morgan fingerprint density at radius 1 is 1.00 bits per heavy atom. The van der Waals surface area contributed by atoms with Crippen LogP contribution in [0.4, 0.5) is 5.82 Å². The third-order valence-corrected chi connectivity index (χ3v) is 4.90. The summed E-state index contributed by atoms with van der Waals surface area (Å²) < 4.78 is 62.9. The number of halogens is 2. The second kappa shape index (κ2) is 9.46. The lowest BCUT2D eigenvalue weighted by atomic mass is 10.2. The number of sulfonamides is 1. The zero-order valence-corrected chi connectivity index (χ0v) is 17.2. The van der Waals surface area contributed by atoms with Crippen LogP contribution in [0.3, 0.4) is 0 Å². The van der Waals surface area contributed by atoms with E-state index in [-0.39, 0.29) is 10.7 Å². The van der Waals surface area contributed by atoms with Crippen molar-refractivity contribution in [1.29, 1.82) is 0 Å². The fourth-order valence-corrected chi connectivity index (χ4v) is 3.32. The third-order valence-electron chi connectivity index (χ3n) is 3.33. The first kappa shape index (κ1) is 23.0. The second-order valence-electron chi connectivity index (χ2n) is 5.62. The standard InChI is InChI=1S/C17H15ClN3O2S.ClHO4/c1-13-7-9-16(10-8-13)24(22,23)20-17-11-14(18)12-21(19-17)15-5-3-2-4-6-15;2-1(3,4)5/h2-12H,1H3,(H,19,20);(H,2,3,4,5)/q+1;/p-1. The van der Waals surface area contributed by atoms with E-state index in [2.05, 4.69) is 9.82 Å². The summed E-state index contributed by atoms with van der Waals surface area (Å²) in [4.78, 5) is 0.168. The lowest BCUT2D eigenvalue weighted by Crippen LogP contribution is -2.68. The van der Waals surface area contributed by atoms with Crippen molar-refractivity contribution < 1.29 is 42.0 Å². The highest BCUT2D eigenvalue weighted by atomic mass is 35.7. The Balaban J connectivity index is 0.000000537. The number of nitrogens with zero attached hydrogens (tertiary/aromatic N) is 2. The molecule has 2 aromatic carbocycles. The predicted molar refractivity (Wildman–Crippen MR) is 92.8 cm³/mol. The molecule has 1 aromatic heterocycles. The summed E-state index contributed by atoms with van der Waals surface area (Å²) in [6.45, 7) is 1.89. The molecule has 0 atom stereocenters. The first-order valence-corrected chi connectivity index (χ1v) is 10.9. The average Bonchev–Trinajstić information content (AvgIpc) is 2.60. The van der Waals surface area contributed by atoms with Gasteiger partial charge in [0.15, 0.2) is 0 Å². The van der Waals surface area contributed by atoms with E-state index in [1.54, 1.807) is 30.5 Å². The molecule has 12 heteroatoms. The molecule has 154 valence electrons. The van der Waals surface area contributed by atoms with Crippen LogP contribution in [-0.4, -0.2) is 13.5 Å². The van der Waals surface area contributed by atoms with Crippen LogP contribution >= 0.6 is 11.6 Å². The maximum Gasteiger partial charge on any atom is 0.263 e. The van der Waals surface area contributed by atoms with Crippen molar-refractivity contribution in [3.63, 3.8) is 0 Å². The number of rotatable bonds is 4. The molecule has 0 radical (unpaired) electrons. The van der Waals surface area contributed by atoms with Gasteiger partial charge in [-0.2, -0.15) is 0 Å². The zero-order valence-electron chi connectivity index (χ0n) is 14.9. The monoisotopic (exact) mass is 459 g/mol. The molecule has 3 aromatic rings. The van der Waals surface area contributed by atoms with E-state index in [1.807, 2.05) is 37.3 Å². The first-order chi connectivity index (χ1) is 13.4. The van der Waals surface area contributed by atoms with Crippen molar-refractivity contribution >= 4 is 27.4 Å². The van der Waals surface area contributed by atoms with Crippen LogP contribution in [0.25, 0.3) is 5.69 Å². The van der Waals surface area contributed by atoms with Crippen molar-refractivity contribution in [2.24, 2.45) is 0 Å². The number of aryl methyl sites for hydroxylation is 1. The topological polar surface area (TPSA) is 155 Å². The van der Waals surface area contributed by atoms with Gasteiger partial charge in [0.2, 0.25) is 17.7 Å². The largest absolute Gasteiger partial charge is 0.263 e. The van der Waals surface area contributed by atoms with E-state index in [1.165, 1.54) is 10.7 Å². The van der Waals surface area contributed by atoms with Gasteiger partial charge >= 0.3 is 0 Å². The summed E-state index contributed by atoms with van der Waals surface area (Å²) in [5.41, 5.74) is 1.76. The van der Waals surface area contributed by atoms with Gasteiger partial charge in [-0.3, -0.25) is 4.72 Å². The Morgan fingerprint density at radius 2 is 1.55 bits per heavy atom. The van der Waals surface area contributed by atoms with Crippen LogP contribution in [0.2, 0.25) is 5.02 Å². The molecule has 29 heavy (non-hydrogen) atoms. The third kappa shape index (κ3) is 7.91. The summed E-state index contributed by atoms with van der Waals surface area (Å²) in [6, 6.07) is 17.3. The Hall–Kier alpha value is -2.31. The number of nitrogens with one attached hydrogen (secondary N) is 1. The van der Waals surface area contributed by atoms with Crippen molar-refractivity contribution in [2.75, 3.05) is 4.72 Å². The fraction of sp³-hybridized carbons (Fsp3) is 0.0588. The molecule has 9 nitrogen and oxygen atoms in total. The van der Waals surface area contributed by atoms with Crippen molar-refractivity contribution in [3.05, 3.63) is 77.4 Å². The Morgan fingerprint density at radius 3 is 2.10 bits per heavy atom. The molecule has 0 aliphatic heterocycles. The molecular weight excluding hydrogens is 445 g/mol. The fourth-order valence-electron chi connectivity index (χ4n) is 2.14. The first-order valence-electron chi connectivity index (χ1n) is 7.80. The highest BCUT2D eigenvalue weighted by Crippen LogP contribution is 2.17. The van der Waals surface area contributed by atoms with Gasteiger partial charge in [-0.1, -0.05) is 47.5 Å². The zero-order chi connectivity index (χ0) is 21.7. The Labute approximate surface area is 174 Å². The van der Waals surface area contributed by atoms with Crippen molar-refractivity contribution in [3.8, 4) is 5.69 Å². The molecule has 3 rings (SSSR count). The molecule has 1 N–H and O–H groups in total. The highest BCUT2D eigenvalue weighted by Gasteiger charge is 2.18. The maximum absolute atomic E-state index is 12.5.